The van der Waals surface area contributed by atoms with Crippen molar-refractivity contribution in [1.29, 1.82) is 0 Å². The molecule has 0 aliphatic rings. The number of nitrogens with two attached hydrogens (primary N) is 1. The van der Waals surface area contributed by atoms with Gasteiger partial charge in [-0.05, 0) is 12.0 Å². The van der Waals surface area contributed by atoms with Crippen LogP contribution in [0.3, 0.4) is 0 Å². The summed E-state index contributed by atoms with van der Waals surface area (Å²) < 4.78 is 23.9. The maximum Gasteiger partial charge on any atom is 0.208 e. The molecule has 0 unspecified atom stereocenters. The van der Waals surface area contributed by atoms with Gasteiger partial charge in [-0.15, -0.1) is 0 Å². The van der Waals surface area contributed by atoms with Crippen LogP contribution in [-0.2, 0) is 16.4 Å². The molecule has 0 saturated heterocycles. The predicted octanol–water partition coefficient (Wildman–Crippen LogP) is -0.317. The Morgan fingerprint density at radius 1 is 1.26 bits per heavy atom. The van der Waals surface area contributed by atoms with Gasteiger partial charge in [0, 0.05) is 13.1 Å². The van der Waals surface area contributed by atoms with Crippen LogP contribution in [0, 0.1) is 0 Å². The first-order chi connectivity index (χ1) is 8.97. The summed E-state index contributed by atoms with van der Waals surface area (Å²) in [4.78, 5) is 4.01. The molecule has 1 aromatic carbocycles. The first-order valence-corrected chi connectivity index (χ1v) is 7.89. The number of sulfonamides is 1. The summed E-state index contributed by atoms with van der Waals surface area (Å²) >= 11 is 0. The van der Waals surface area contributed by atoms with Gasteiger partial charge in [0.05, 0.1) is 12.8 Å². The van der Waals surface area contributed by atoms with Crippen molar-refractivity contribution in [2.45, 2.75) is 6.42 Å². The highest BCUT2D eigenvalue weighted by atomic mass is 32.2. The van der Waals surface area contributed by atoms with E-state index in [9.17, 15) is 8.42 Å². The van der Waals surface area contributed by atoms with Crippen LogP contribution in [0.4, 0.5) is 0 Å². The predicted molar refractivity (Wildman–Crippen MR) is 77.5 cm³/mol. The van der Waals surface area contributed by atoms with Gasteiger partial charge in [-0.1, -0.05) is 30.3 Å². The Balaban J connectivity index is 2.18. The van der Waals surface area contributed by atoms with E-state index in [1.54, 1.807) is 0 Å². The first kappa shape index (κ1) is 15.5. The zero-order valence-electron chi connectivity index (χ0n) is 11.0. The molecular formula is C12H20N4O2S. The zero-order valence-corrected chi connectivity index (χ0v) is 11.8. The third-order valence-corrected chi connectivity index (χ3v) is 3.05. The van der Waals surface area contributed by atoms with E-state index < -0.39 is 10.0 Å². The molecule has 1 aromatic rings. The fourth-order valence-corrected chi connectivity index (χ4v) is 1.90. The zero-order chi connectivity index (χ0) is 14.1. The minimum atomic E-state index is -3.16. The van der Waals surface area contributed by atoms with Gasteiger partial charge >= 0.3 is 0 Å². The van der Waals surface area contributed by atoms with Crippen molar-refractivity contribution in [2.75, 3.05) is 25.9 Å². The van der Waals surface area contributed by atoms with Crippen LogP contribution in [0.1, 0.15) is 5.56 Å². The molecule has 0 fully saturated rings. The Labute approximate surface area is 114 Å². The highest BCUT2D eigenvalue weighted by Gasteiger charge is 1.98. The third kappa shape index (κ3) is 8.17. The summed E-state index contributed by atoms with van der Waals surface area (Å²) in [5, 5.41) is 2.98. The van der Waals surface area contributed by atoms with E-state index in [0.29, 0.717) is 19.0 Å². The lowest BCUT2D eigenvalue weighted by atomic mass is 10.1. The molecule has 0 amide bonds. The van der Waals surface area contributed by atoms with Gasteiger partial charge in [-0.3, -0.25) is 4.99 Å². The summed E-state index contributed by atoms with van der Waals surface area (Å²) in [6, 6.07) is 10.0. The van der Waals surface area contributed by atoms with Crippen LogP contribution >= 0.6 is 0 Å². The molecule has 0 aromatic heterocycles. The molecular weight excluding hydrogens is 264 g/mol. The van der Waals surface area contributed by atoms with E-state index in [4.69, 9.17) is 5.73 Å². The van der Waals surface area contributed by atoms with E-state index in [1.165, 1.54) is 5.56 Å². The Hall–Kier alpha value is -1.60. The molecule has 0 heterocycles. The van der Waals surface area contributed by atoms with Crippen LogP contribution < -0.4 is 15.8 Å². The highest BCUT2D eigenvalue weighted by Crippen LogP contribution is 1.97. The van der Waals surface area contributed by atoms with E-state index in [2.05, 4.69) is 15.0 Å². The second-order valence-corrected chi connectivity index (χ2v) is 5.93. The molecule has 0 aliphatic carbocycles. The number of guanidine groups is 1. The summed E-state index contributed by atoms with van der Waals surface area (Å²) in [6.07, 6.45) is 1.97. The molecule has 0 spiro atoms. The molecule has 19 heavy (non-hydrogen) atoms. The van der Waals surface area contributed by atoms with Crippen LogP contribution in [0.5, 0.6) is 0 Å². The molecule has 0 radical (unpaired) electrons. The number of aliphatic imine (C=N–C) groups is 1. The van der Waals surface area contributed by atoms with Crippen LogP contribution in [0.15, 0.2) is 35.3 Å². The van der Waals surface area contributed by atoms with E-state index in [0.717, 1.165) is 12.7 Å². The lowest BCUT2D eigenvalue weighted by molar-refractivity contribution is 0.588. The monoisotopic (exact) mass is 284 g/mol. The first-order valence-electron chi connectivity index (χ1n) is 6.00. The minimum absolute atomic E-state index is 0.250. The molecule has 4 N–H and O–H groups in total. The third-order valence-electron chi connectivity index (χ3n) is 2.32. The Bertz CT molecular complexity index is 500. The van der Waals surface area contributed by atoms with Crippen LogP contribution in [0.25, 0.3) is 0 Å². The largest absolute Gasteiger partial charge is 0.370 e. The molecule has 0 bridgehead atoms. The van der Waals surface area contributed by atoms with Crippen molar-refractivity contribution < 1.29 is 8.42 Å². The molecule has 0 saturated carbocycles. The Morgan fingerprint density at radius 3 is 2.58 bits per heavy atom. The maximum atomic E-state index is 10.8. The Morgan fingerprint density at radius 2 is 1.95 bits per heavy atom. The number of benzene rings is 1. The van der Waals surface area contributed by atoms with Crippen molar-refractivity contribution in [3.63, 3.8) is 0 Å². The molecule has 106 valence electrons. The number of nitrogens with one attached hydrogen (secondary N) is 2. The van der Waals surface area contributed by atoms with Gasteiger partial charge in [0.15, 0.2) is 5.96 Å². The smallest absolute Gasteiger partial charge is 0.208 e. The van der Waals surface area contributed by atoms with Gasteiger partial charge in [0.2, 0.25) is 10.0 Å². The molecule has 0 aliphatic heterocycles. The van der Waals surface area contributed by atoms with Crippen molar-refractivity contribution in [1.82, 2.24) is 10.0 Å². The summed E-state index contributed by atoms with van der Waals surface area (Å²) in [7, 11) is -3.16. The normalized spacial score (nSPS) is 12.4. The Kier molecular flexibility index (Phi) is 6.31. The van der Waals surface area contributed by atoms with E-state index in [1.807, 2.05) is 30.3 Å². The fraction of sp³-hybridized carbons (Fsp3) is 0.417. The summed E-state index contributed by atoms with van der Waals surface area (Å²) in [5.41, 5.74) is 6.87. The average Bonchev–Trinajstić information content (AvgIpc) is 2.35. The second kappa shape index (κ2) is 7.75. The van der Waals surface area contributed by atoms with Gasteiger partial charge < -0.3 is 11.1 Å². The van der Waals surface area contributed by atoms with Gasteiger partial charge in [0.25, 0.3) is 0 Å². The van der Waals surface area contributed by atoms with Crippen LogP contribution in [0.2, 0.25) is 0 Å². The van der Waals surface area contributed by atoms with Gasteiger partial charge in [-0.2, -0.15) is 0 Å². The number of hydrogen-bond acceptors (Lipinski definition) is 3. The van der Waals surface area contributed by atoms with Gasteiger partial charge in [0.1, 0.15) is 0 Å². The fourth-order valence-electron chi connectivity index (χ4n) is 1.44. The lowest BCUT2D eigenvalue weighted by Crippen LogP contribution is -2.34. The van der Waals surface area contributed by atoms with E-state index >= 15 is 0 Å². The van der Waals surface area contributed by atoms with Crippen molar-refractivity contribution in [3.8, 4) is 0 Å². The number of rotatable bonds is 7. The van der Waals surface area contributed by atoms with Crippen molar-refractivity contribution in [2.24, 2.45) is 10.7 Å². The summed E-state index contributed by atoms with van der Waals surface area (Å²) in [5.74, 6) is 0.325. The highest BCUT2D eigenvalue weighted by molar-refractivity contribution is 7.88. The molecule has 1 rings (SSSR count). The second-order valence-electron chi connectivity index (χ2n) is 4.10. The van der Waals surface area contributed by atoms with Crippen molar-refractivity contribution in [3.05, 3.63) is 35.9 Å². The van der Waals surface area contributed by atoms with E-state index in [-0.39, 0.29) is 6.54 Å². The molecule has 7 heteroatoms. The molecule has 6 nitrogen and oxygen atoms in total. The molecule has 0 atom stereocenters. The van der Waals surface area contributed by atoms with Crippen molar-refractivity contribution >= 4 is 16.0 Å². The quantitative estimate of drug-likeness (QED) is 0.363. The lowest BCUT2D eigenvalue weighted by Gasteiger charge is -2.06. The SMILES string of the molecule is CS(=O)(=O)NCCN=C(N)NCCc1ccccc1. The standard InChI is InChI=1S/C12H20N4O2S/c1-19(17,18)16-10-9-15-12(13)14-8-7-11-5-3-2-4-6-11/h2-6,16H,7-10H2,1H3,(H3,13,14,15). The number of hydrogen-bond donors (Lipinski definition) is 3. The minimum Gasteiger partial charge on any atom is -0.370 e. The topological polar surface area (TPSA) is 96.6 Å². The average molecular weight is 284 g/mol. The van der Waals surface area contributed by atoms with Gasteiger partial charge in [-0.25, -0.2) is 13.1 Å². The summed E-state index contributed by atoms with van der Waals surface area (Å²) in [6.45, 7) is 1.26. The maximum absolute atomic E-state index is 10.8. The van der Waals surface area contributed by atoms with Crippen LogP contribution in [-0.4, -0.2) is 40.3 Å². The number of nitrogens with zero attached hydrogens (tertiary/aromatic N) is 1.